The molecule has 1 amide bonds. The van der Waals surface area contributed by atoms with E-state index in [4.69, 9.17) is 0 Å². The molecule has 1 aliphatic rings. The summed E-state index contributed by atoms with van der Waals surface area (Å²) in [6, 6.07) is 19.1. The van der Waals surface area contributed by atoms with Crippen molar-refractivity contribution >= 4 is 46.0 Å². The average Bonchev–Trinajstić information content (AvgIpc) is 3.04. The van der Waals surface area contributed by atoms with Gasteiger partial charge in [0.2, 0.25) is 17.1 Å². The zero-order valence-corrected chi connectivity index (χ0v) is 20.5. The van der Waals surface area contributed by atoms with Crippen LogP contribution in [0.25, 0.3) is 17.0 Å². The first-order valence-corrected chi connectivity index (χ1v) is 10.9. The van der Waals surface area contributed by atoms with Crippen LogP contribution < -0.4 is 38.8 Å². The van der Waals surface area contributed by atoms with Crippen LogP contribution in [0, 0.1) is 0 Å². The van der Waals surface area contributed by atoms with Crippen molar-refractivity contribution in [1.82, 2.24) is 0 Å². The molecule has 0 aliphatic carbocycles. The number of para-hydroxylation sites is 1. The van der Waals surface area contributed by atoms with Crippen LogP contribution in [-0.4, -0.2) is 12.5 Å². The van der Waals surface area contributed by atoms with Crippen LogP contribution in [0.1, 0.15) is 32.9 Å². The van der Waals surface area contributed by atoms with E-state index in [0.29, 0.717) is 0 Å². The van der Waals surface area contributed by atoms with Gasteiger partial charge in [0.05, 0.1) is 10.7 Å². The molecule has 0 saturated carbocycles. The number of anilines is 2. The minimum Gasteiger partial charge on any atom is -1.00 e. The van der Waals surface area contributed by atoms with E-state index in [0.717, 1.165) is 25.2 Å². The molecule has 2 heterocycles. The van der Waals surface area contributed by atoms with Crippen LogP contribution in [0.4, 0.5) is 11.4 Å². The molecule has 6 heteroatoms. The highest BCUT2D eigenvalue weighted by atomic mass is 127. The summed E-state index contributed by atoms with van der Waals surface area (Å²) in [4.78, 5) is 15.0. The zero-order chi connectivity index (χ0) is 20.4. The fourth-order valence-corrected chi connectivity index (χ4v) is 5.01. The molecule has 1 aromatic heterocycles. The molecule has 3 aromatic rings. The molecule has 0 unspecified atom stereocenters. The predicted octanol–water partition coefficient (Wildman–Crippen LogP) is 2.43. The molecular formula is C24H26IN3OS. The lowest BCUT2D eigenvalue weighted by molar-refractivity contribution is -0.669. The topological polar surface area (TPSA) is 36.2 Å². The Kier molecular flexibility index (Phi) is 7.41. The SMILES string of the molecule is CCCN1/C(=C/c2ccc3ccccc3[n+]2CC)Sc2cc(NC(C)=O)ccc21.[I-]. The molecule has 1 N–H and O–H groups in total. The Hall–Kier alpha value is -2.06. The molecule has 0 spiro atoms. The van der Waals surface area contributed by atoms with Crippen molar-refractivity contribution in [2.24, 2.45) is 0 Å². The number of hydrogen-bond acceptors (Lipinski definition) is 3. The zero-order valence-electron chi connectivity index (χ0n) is 17.5. The fourth-order valence-electron chi connectivity index (χ4n) is 3.83. The Morgan fingerprint density at radius 2 is 1.93 bits per heavy atom. The van der Waals surface area contributed by atoms with E-state index in [9.17, 15) is 4.79 Å². The molecule has 4 nitrogen and oxygen atoms in total. The number of rotatable bonds is 5. The standard InChI is InChI=1S/C24H25N3OS.HI/c1-4-14-27-22-13-11-19(25-17(3)28)15-23(22)29-24(27)16-20-12-10-18-8-6-7-9-21(18)26(20)5-2;/h6-13,15-16H,4-5,14H2,1-3H3;1H. The summed E-state index contributed by atoms with van der Waals surface area (Å²) >= 11 is 1.77. The minimum absolute atomic E-state index is 0. The summed E-state index contributed by atoms with van der Waals surface area (Å²) < 4.78 is 2.36. The summed E-state index contributed by atoms with van der Waals surface area (Å²) in [5, 5.41) is 5.37. The highest BCUT2D eigenvalue weighted by Crippen LogP contribution is 2.47. The number of fused-ring (bicyclic) bond motifs is 2. The van der Waals surface area contributed by atoms with E-state index in [2.05, 4.69) is 83.2 Å². The normalized spacial score (nSPS) is 14.0. The van der Waals surface area contributed by atoms with Gasteiger partial charge in [0.25, 0.3) is 0 Å². The van der Waals surface area contributed by atoms with Gasteiger partial charge >= 0.3 is 0 Å². The quantitative estimate of drug-likeness (QED) is 0.406. The third-order valence-corrected chi connectivity index (χ3v) is 6.15. The van der Waals surface area contributed by atoms with Gasteiger partial charge in [-0.1, -0.05) is 30.8 Å². The smallest absolute Gasteiger partial charge is 0.221 e. The molecule has 156 valence electrons. The molecule has 4 rings (SSSR count). The van der Waals surface area contributed by atoms with Crippen LogP contribution in [0.15, 0.2) is 64.5 Å². The highest BCUT2D eigenvalue weighted by Gasteiger charge is 2.26. The number of amides is 1. The number of aromatic nitrogens is 1. The van der Waals surface area contributed by atoms with E-state index >= 15 is 0 Å². The van der Waals surface area contributed by atoms with Crippen LogP contribution in [0.3, 0.4) is 0 Å². The molecular weight excluding hydrogens is 505 g/mol. The van der Waals surface area contributed by atoms with E-state index in [-0.39, 0.29) is 29.9 Å². The molecule has 0 saturated heterocycles. The third kappa shape index (κ3) is 4.49. The second-order valence-corrected chi connectivity index (χ2v) is 8.22. The molecule has 0 atom stereocenters. The Labute approximate surface area is 199 Å². The van der Waals surface area contributed by atoms with Crippen LogP contribution in [-0.2, 0) is 11.3 Å². The Balaban J connectivity index is 0.00000256. The minimum atomic E-state index is -0.0470. The molecule has 0 radical (unpaired) electrons. The largest absolute Gasteiger partial charge is 1.00 e. The van der Waals surface area contributed by atoms with Crippen molar-refractivity contribution in [3.63, 3.8) is 0 Å². The first-order chi connectivity index (χ1) is 14.1. The highest BCUT2D eigenvalue weighted by molar-refractivity contribution is 8.03. The van der Waals surface area contributed by atoms with Gasteiger partial charge in [0.1, 0.15) is 6.54 Å². The van der Waals surface area contributed by atoms with E-state index in [1.54, 1.807) is 11.8 Å². The lowest BCUT2D eigenvalue weighted by Gasteiger charge is -2.19. The summed E-state index contributed by atoms with van der Waals surface area (Å²) in [5.74, 6) is -0.0470. The number of nitrogens with one attached hydrogen (secondary N) is 1. The summed E-state index contributed by atoms with van der Waals surface area (Å²) in [6.07, 6.45) is 3.35. The van der Waals surface area contributed by atoms with Gasteiger partial charge in [-0.25, -0.2) is 0 Å². The number of pyridine rings is 1. The summed E-state index contributed by atoms with van der Waals surface area (Å²) in [7, 11) is 0. The number of nitrogens with zero attached hydrogens (tertiary/aromatic N) is 2. The Morgan fingerprint density at radius 1 is 1.13 bits per heavy atom. The number of carbonyl (C=O) groups is 1. The maximum atomic E-state index is 11.4. The Bertz CT molecular complexity index is 1110. The molecule has 2 aromatic carbocycles. The number of benzene rings is 2. The predicted molar refractivity (Wildman–Crippen MR) is 122 cm³/mol. The second kappa shape index (κ2) is 9.83. The molecule has 30 heavy (non-hydrogen) atoms. The van der Waals surface area contributed by atoms with E-state index in [1.165, 1.54) is 39.1 Å². The van der Waals surface area contributed by atoms with Crippen molar-refractivity contribution < 1.29 is 33.3 Å². The number of thioether (sulfide) groups is 1. The number of halogens is 1. The first-order valence-electron chi connectivity index (χ1n) is 10.1. The van der Waals surface area contributed by atoms with Gasteiger partial charge < -0.3 is 34.2 Å². The van der Waals surface area contributed by atoms with E-state index < -0.39 is 0 Å². The van der Waals surface area contributed by atoms with Gasteiger partial charge in [-0.15, -0.1) is 0 Å². The van der Waals surface area contributed by atoms with E-state index in [1.807, 2.05) is 6.07 Å². The van der Waals surface area contributed by atoms with Gasteiger partial charge in [0.15, 0.2) is 0 Å². The third-order valence-electron chi connectivity index (χ3n) is 5.06. The van der Waals surface area contributed by atoms with Crippen molar-refractivity contribution in [3.8, 4) is 0 Å². The second-order valence-electron chi connectivity index (χ2n) is 7.16. The van der Waals surface area contributed by atoms with Gasteiger partial charge in [-0.3, -0.25) is 4.79 Å². The van der Waals surface area contributed by atoms with Gasteiger partial charge in [0, 0.05) is 47.6 Å². The van der Waals surface area contributed by atoms with Crippen molar-refractivity contribution in [1.29, 1.82) is 0 Å². The summed E-state index contributed by atoms with van der Waals surface area (Å²) in [6.45, 7) is 7.81. The maximum Gasteiger partial charge on any atom is 0.221 e. The first kappa shape index (κ1) is 22.6. The van der Waals surface area contributed by atoms with Crippen LogP contribution >= 0.6 is 11.8 Å². The van der Waals surface area contributed by atoms with Gasteiger partial charge in [-0.05, 0) is 43.7 Å². The Morgan fingerprint density at radius 3 is 2.67 bits per heavy atom. The maximum absolute atomic E-state index is 11.4. The molecule has 0 fully saturated rings. The van der Waals surface area contributed by atoms with Crippen molar-refractivity contribution in [2.45, 2.75) is 38.6 Å². The van der Waals surface area contributed by atoms with Crippen LogP contribution in [0.2, 0.25) is 0 Å². The average molecular weight is 531 g/mol. The van der Waals surface area contributed by atoms with Gasteiger partial charge in [-0.2, -0.15) is 4.57 Å². The van der Waals surface area contributed by atoms with Crippen molar-refractivity contribution in [2.75, 3.05) is 16.8 Å². The lowest BCUT2D eigenvalue weighted by Crippen LogP contribution is -3.00. The summed E-state index contributed by atoms with van der Waals surface area (Å²) in [5.41, 5.74) is 4.50. The molecule has 1 aliphatic heterocycles. The van der Waals surface area contributed by atoms with Crippen molar-refractivity contribution in [3.05, 3.63) is 65.3 Å². The number of hydrogen-bond donors (Lipinski definition) is 1. The lowest BCUT2D eigenvalue weighted by atomic mass is 10.2. The monoisotopic (exact) mass is 531 g/mol. The molecule has 0 bridgehead atoms. The van der Waals surface area contributed by atoms with Crippen LogP contribution in [0.5, 0.6) is 0 Å². The fraction of sp³-hybridized carbons (Fsp3) is 0.250. The number of aryl methyl sites for hydroxylation is 1. The number of carbonyl (C=O) groups excluding carboxylic acids is 1.